The van der Waals surface area contributed by atoms with E-state index in [2.05, 4.69) is 9.94 Å². The summed E-state index contributed by atoms with van der Waals surface area (Å²) >= 11 is 0. The van der Waals surface area contributed by atoms with Gasteiger partial charge in [0.25, 0.3) is 6.54 Å². The van der Waals surface area contributed by atoms with Crippen LogP contribution in [0.15, 0.2) is 12.3 Å². The first-order chi connectivity index (χ1) is 4.88. The number of hydrogen-bond acceptors (Lipinski definition) is 1. The summed E-state index contributed by atoms with van der Waals surface area (Å²) in [7, 11) is 0. The molecule has 0 aliphatic carbocycles. The zero-order valence-electron chi connectivity index (χ0n) is 5.91. The highest BCUT2D eigenvalue weighted by Gasteiger charge is 2.00. The van der Waals surface area contributed by atoms with E-state index in [1.165, 1.54) is 0 Å². The Hall–Kier alpha value is -1.30. The first kappa shape index (κ1) is 6.81. The van der Waals surface area contributed by atoms with Crippen LogP contribution in [0.25, 0.3) is 4.85 Å². The van der Waals surface area contributed by atoms with Crippen LogP contribution in [0.4, 0.5) is 0 Å². The monoisotopic (exact) mass is 135 g/mol. The van der Waals surface area contributed by atoms with Crippen LogP contribution in [0.1, 0.15) is 12.6 Å². The molecule has 1 rings (SSSR count). The summed E-state index contributed by atoms with van der Waals surface area (Å²) in [6, 6.07) is 1.88. The molecule has 10 heavy (non-hydrogen) atoms. The summed E-state index contributed by atoms with van der Waals surface area (Å²) in [5.74, 6) is 0. The molecule has 3 nitrogen and oxygen atoms in total. The van der Waals surface area contributed by atoms with Crippen molar-refractivity contribution in [1.29, 1.82) is 0 Å². The van der Waals surface area contributed by atoms with Crippen molar-refractivity contribution in [2.75, 3.05) is 0 Å². The van der Waals surface area contributed by atoms with Crippen molar-refractivity contribution in [3.63, 3.8) is 0 Å². The van der Waals surface area contributed by atoms with E-state index in [9.17, 15) is 0 Å². The van der Waals surface area contributed by atoms with Gasteiger partial charge in [0.2, 0.25) is 0 Å². The first-order valence-corrected chi connectivity index (χ1v) is 3.22. The largest absolute Gasteiger partial charge is 0.310 e. The molecule has 1 aromatic heterocycles. The fourth-order valence-electron chi connectivity index (χ4n) is 0.860. The predicted molar refractivity (Wildman–Crippen MR) is 38.2 cm³/mol. The third-order valence-electron chi connectivity index (χ3n) is 1.35. The molecule has 52 valence electrons. The summed E-state index contributed by atoms with van der Waals surface area (Å²) in [6.07, 6.45) is 1.73. The number of aryl methyl sites for hydroxylation is 1. The molecule has 0 bridgehead atoms. The van der Waals surface area contributed by atoms with E-state index in [1.807, 2.05) is 17.7 Å². The Balaban J connectivity index is 2.82. The SMILES string of the molecule is [C-]#[N+]Cc1ccnn1CC. The van der Waals surface area contributed by atoms with Gasteiger partial charge in [0, 0.05) is 12.7 Å². The number of hydrogen-bond donors (Lipinski definition) is 0. The van der Waals surface area contributed by atoms with Crippen LogP contribution in [0.3, 0.4) is 0 Å². The van der Waals surface area contributed by atoms with Gasteiger partial charge in [-0.2, -0.15) is 5.10 Å². The van der Waals surface area contributed by atoms with Gasteiger partial charge >= 0.3 is 0 Å². The summed E-state index contributed by atoms with van der Waals surface area (Å²) in [5, 5.41) is 4.03. The Bertz CT molecular complexity index is 244. The topological polar surface area (TPSA) is 22.2 Å². The van der Waals surface area contributed by atoms with Crippen molar-refractivity contribution < 1.29 is 0 Å². The Labute approximate surface area is 60.1 Å². The fraction of sp³-hybridized carbons (Fsp3) is 0.429. The summed E-state index contributed by atoms with van der Waals surface area (Å²) < 4.78 is 1.83. The van der Waals surface area contributed by atoms with Gasteiger partial charge in [-0.25, -0.2) is 6.57 Å². The average molecular weight is 135 g/mol. The molecule has 3 heteroatoms. The molecule has 0 saturated heterocycles. The number of rotatable bonds is 2. The predicted octanol–water partition coefficient (Wildman–Crippen LogP) is 1.32. The standard InChI is InChI=1S/C7H9N3/c1-3-10-7(6-8-2)4-5-9-10/h4-5H,3,6H2,1H3. The molecule has 0 fully saturated rings. The maximum atomic E-state index is 6.63. The van der Waals surface area contributed by atoms with Crippen molar-refractivity contribution in [1.82, 2.24) is 9.78 Å². The molecule has 1 heterocycles. The van der Waals surface area contributed by atoms with Gasteiger partial charge in [0.15, 0.2) is 0 Å². The Morgan fingerprint density at radius 2 is 2.60 bits per heavy atom. The molecule has 0 N–H and O–H groups in total. The van der Waals surface area contributed by atoms with E-state index in [1.54, 1.807) is 6.20 Å². The highest BCUT2D eigenvalue weighted by atomic mass is 15.3. The van der Waals surface area contributed by atoms with Gasteiger partial charge < -0.3 is 4.85 Å². The Morgan fingerprint density at radius 1 is 1.80 bits per heavy atom. The van der Waals surface area contributed by atoms with E-state index in [0.29, 0.717) is 6.54 Å². The molecule has 1 aromatic rings. The lowest BCUT2D eigenvalue weighted by atomic mass is 10.4. The van der Waals surface area contributed by atoms with Crippen molar-refractivity contribution in [3.05, 3.63) is 29.4 Å². The normalized spacial score (nSPS) is 9.20. The molecular weight excluding hydrogens is 126 g/mol. The minimum atomic E-state index is 0.438. The van der Waals surface area contributed by atoms with Crippen LogP contribution in [0, 0.1) is 6.57 Å². The van der Waals surface area contributed by atoms with Gasteiger partial charge in [-0.1, -0.05) is 0 Å². The summed E-state index contributed by atoms with van der Waals surface area (Å²) in [4.78, 5) is 3.28. The van der Waals surface area contributed by atoms with Gasteiger partial charge in [0.1, 0.15) is 5.69 Å². The fourth-order valence-corrected chi connectivity index (χ4v) is 0.860. The van der Waals surface area contributed by atoms with Crippen molar-refractivity contribution in [2.24, 2.45) is 0 Å². The highest BCUT2D eigenvalue weighted by molar-refractivity contribution is 5.02. The average Bonchev–Trinajstić information content (AvgIpc) is 2.36. The van der Waals surface area contributed by atoms with Gasteiger partial charge in [0.05, 0.1) is 0 Å². The molecule has 0 spiro atoms. The Morgan fingerprint density at radius 3 is 3.20 bits per heavy atom. The molecule has 0 unspecified atom stereocenters. The van der Waals surface area contributed by atoms with E-state index >= 15 is 0 Å². The molecule has 0 aliphatic heterocycles. The van der Waals surface area contributed by atoms with Crippen LogP contribution < -0.4 is 0 Å². The van der Waals surface area contributed by atoms with Gasteiger partial charge in [-0.3, -0.25) is 4.68 Å². The minimum Gasteiger partial charge on any atom is -0.310 e. The second kappa shape index (κ2) is 3.02. The third-order valence-corrected chi connectivity index (χ3v) is 1.35. The maximum Gasteiger partial charge on any atom is 0.256 e. The van der Waals surface area contributed by atoms with Crippen molar-refractivity contribution in [2.45, 2.75) is 20.0 Å². The molecule has 0 amide bonds. The van der Waals surface area contributed by atoms with Crippen LogP contribution in [-0.2, 0) is 13.1 Å². The van der Waals surface area contributed by atoms with E-state index < -0.39 is 0 Å². The van der Waals surface area contributed by atoms with Crippen LogP contribution >= 0.6 is 0 Å². The summed E-state index contributed by atoms with van der Waals surface area (Å²) in [5.41, 5.74) is 0.998. The van der Waals surface area contributed by atoms with Crippen LogP contribution in [0.2, 0.25) is 0 Å². The van der Waals surface area contributed by atoms with E-state index in [4.69, 9.17) is 6.57 Å². The zero-order valence-corrected chi connectivity index (χ0v) is 5.91. The molecule has 0 saturated carbocycles. The minimum absolute atomic E-state index is 0.438. The van der Waals surface area contributed by atoms with Gasteiger partial charge in [-0.05, 0) is 13.0 Å². The van der Waals surface area contributed by atoms with E-state index in [0.717, 1.165) is 12.2 Å². The van der Waals surface area contributed by atoms with Crippen molar-refractivity contribution >= 4 is 0 Å². The molecule has 0 atom stereocenters. The van der Waals surface area contributed by atoms with Gasteiger partial charge in [-0.15, -0.1) is 0 Å². The molecule has 0 aromatic carbocycles. The third kappa shape index (κ3) is 1.16. The first-order valence-electron chi connectivity index (χ1n) is 3.22. The second-order valence-corrected chi connectivity index (χ2v) is 1.95. The maximum absolute atomic E-state index is 6.63. The molecular formula is C7H9N3. The van der Waals surface area contributed by atoms with Crippen LogP contribution in [-0.4, -0.2) is 9.78 Å². The lowest BCUT2D eigenvalue weighted by Crippen LogP contribution is -2.00. The lowest BCUT2D eigenvalue weighted by molar-refractivity contribution is 0.631. The lowest BCUT2D eigenvalue weighted by Gasteiger charge is -1.95. The Kier molecular flexibility index (Phi) is 2.06. The zero-order chi connectivity index (χ0) is 7.40. The molecule has 0 radical (unpaired) electrons. The number of nitrogens with zero attached hydrogens (tertiary/aromatic N) is 3. The summed E-state index contributed by atoms with van der Waals surface area (Å²) in [6.45, 7) is 9.93. The molecule has 0 aliphatic rings. The highest BCUT2D eigenvalue weighted by Crippen LogP contribution is 1.99. The van der Waals surface area contributed by atoms with Crippen molar-refractivity contribution in [3.8, 4) is 0 Å². The quantitative estimate of drug-likeness (QED) is 0.560. The smallest absolute Gasteiger partial charge is 0.256 e. The second-order valence-electron chi connectivity index (χ2n) is 1.95. The van der Waals surface area contributed by atoms with Crippen LogP contribution in [0.5, 0.6) is 0 Å². The number of aromatic nitrogens is 2. The van der Waals surface area contributed by atoms with E-state index in [-0.39, 0.29) is 0 Å².